The highest BCUT2D eigenvalue weighted by molar-refractivity contribution is 5.89. The molecule has 1 aliphatic heterocycles. The van der Waals surface area contributed by atoms with Crippen LogP contribution >= 0.6 is 0 Å². The van der Waals surface area contributed by atoms with Crippen molar-refractivity contribution in [3.05, 3.63) is 235 Å². The maximum Gasteiger partial charge on any atom is 0.140 e. The lowest BCUT2D eigenvalue weighted by Gasteiger charge is -2.41. The van der Waals surface area contributed by atoms with Crippen molar-refractivity contribution < 1.29 is 9.84 Å². The number of aromatic hydroxyl groups is 1. The van der Waals surface area contributed by atoms with Gasteiger partial charge in [0.15, 0.2) is 0 Å². The number of rotatable bonds is 11. The van der Waals surface area contributed by atoms with E-state index in [2.05, 4.69) is 91.3 Å². The third kappa shape index (κ3) is 6.81. The quantitative estimate of drug-likeness (QED) is 0.133. The molecule has 1 aliphatic rings. The van der Waals surface area contributed by atoms with Crippen molar-refractivity contribution in [1.82, 2.24) is 0 Å². The van der Waals surface area contributed by atoms with Crippen LogP contribution in [-0.4, -0.2) is 5.11 Å². The van der Waals surface area contributed by atoms with Crippen molar-refractivity contribution in [1.29, 1.82) is 0 Å². The first-order valence-corrected chi connectivity index (χ1v) is 17.8. The number of phenols is 1. The number of hydrogen-bond acceptors (Lipinski definition) is 3. The molecule has 0 fully saturated rings. The average molecular weight is 688 g/mol. The standard InChI is InChI=1S/C50H41NO2/c1-4-6-7-18-35-50(43-28-15-17-31-46(43)52)44-29-19-27-42(49(44)53-47-32-20-26-41(48(47)50)38-21-10-8-11-22-38)37(5-2)34-33-36(3)40-25-14-16-30-45(40)51-39-23-12-9-13-24-39/h4-35,51-52H,1,3H2,2H3/b7-6-,34-33-,35-18-,37-5+. The molecule has 6 aromatic carbocycles. The molecule has 258 valence electrons. The van der Waals surface area contributed by atoms with Crippen LogP contribution < -0.4 is 10.1 Å². The number of hydrogen-bond donors (Lipinski definition) is 2. The Morgan fingerprint density at radius 2 is 1.36 bits per heavy atom. The molecule has 6 aromatic rings. The third-order valence-corrected chi connectivity index (χ3v) is 9.60. The normalized spacial score (nSPS) is 15.2. The molecule has 0 saturated carbocycles. The smallest absolute Gasteiger partial charge is 0.140 e. The van der Waals surface area contributed by atoms with E-state index in [1.807, 2.05) is 116 Å². The zero-order valence-electron chi connectivity index (χ0n) is 29.7. The largest absolute Gasteiger partial charge is 0.508 e. The van der Waals surface area contributed by atoms with E-state index in [4.69, 9.17) is 4.74 Å². The summed E-state index contributed by atoms with van der Waals surface area (Å²) >= 11 is 0. The Morgan fingerprint density at radius 3 is 2.13 bits per heavy atom. The number of fused-ring (bicyclic) bond motifs is 2. The molecule has 0 aromatic heterocycles. The van der Waals surface area contributed by atoms with Crippen LogP contribution in [-0.2, 0) is 5.41 Å². The lowest BCUT2D eigenvalue weighted by molar-refractivity contribution is 0.425. The second-order valence-corrected chi connectivity index (χ2v) is 12.8. The van der Waals surface area contributed by atoms with Gasteiger partial charge in [-0.25, -0.2) is 0 Å². The van der Waals surface area contributed by atoms with Gasteiger partial charge in [0.2, 0.25) is 0 Å². The summed E-state index contributed by atoms with van der Waals surface area (Å²) in [5, 5.41) is 15.2. The van der Waals surface area contributed by atoms with E-state index in [9.17, 15) is 5.11 Å². The second kappa shape index (κ2) is 15.6. The first kappa shape index (κ1) is 34.6. The molecule has 3 nitrogen and oxygen atoms in total. The fourth-order valence-electron chi connectivity index (χ4n) is 7.17. The number of phenolic OH excluding ortho intramolecular Hbond substituents is 1. The van der Waals surface area contributed by atoms with Gasteiger partial charge in [-0.2, -0.15) is 0 Å². The number of anilines is 2. The molecule has 1 unspecified atom stereocenters. The average Bonchev–Trinajstić information content (AvgIpc) is 3.20. The number of para-hydroxylation sites is 4. The number of nitrogens with one attached hydrogen (secondary N) is 1. The molecular weight excluding hydrogens is 647 g/mol. The second-order valence-electron chi connectivity index (χ2n) is 12.8. The van der Waals surface area contributed by atoms with Gasteiger partial charge in [0, 0.05) is 39.2 Å². The Balaban J connectivity index is 1.39. The number of ether oxygens (including phenoxy) is 1. The van der Waals surface area contributed by atoms with Crippen LogP contribution in [0.4, 0.5) is 11.4 Å². The summed E-state index contributed by atoms with van der Waals surface area (Å²) in [7, 11) is 0. The van der Waals surface area contributed by atoms with Crippen molar-refractivity contribution in [3.8, 4) is 28.4 Å². The highest BCUT2D eigenvalue weighted by Gasteiger charge is 2.45. The van der Waals surface area contributed by atoms with E-state index in [1.54, 1.807) is 12.1 Å². The van der Waals surface area contributed by atoms with Gasteiger partial charge in [-0.3, -0.25) is 0 Å². The predicted octanol–water partition coefficient (Wildman–Crippen LogP) is 13.2. The van der Waals surface area contributed by atoms with Crippen LogP contribution in [0.3, 0.4) is 0 Å². The Hall–Kier alpha value is -6.84. The molecule has 2 N–H and O–H groups in total. The Labute approximate surface area is 312 Å². The Morgan fingerprint density at radius 1 is 0.679 bits per heavy atom. The summed E-state index contributed by atoms with van der Waals surface area (Å²) in [6, 6.07) is 48.7. The maximum absolute atomic E-state index is 11.7. The fourth-order valence-corrected chi connectivity index (χ4v) is 7.17. The minimum atomic E-state index is -0.934. The highest BCUT2D eigenvalue weighted by atomic mass is 16.5. The van der Waals surface area contributed by atoms with Gasteiger partial charge in [0.05, 0.1) is 5.41 Å². The third-order valence-electron chi connectivity index (χ3n) is 9.60. The van der Waals surface area contributed by atoms with Gasteiger partial charge in [0.1, 0.15) is 17.2 Å². The summed E-state index contributed by atoms with van der Waals surface area (Å²) in [5.41, 5.74) is 9.53. The molecule has 3 heteroatoms. The van der Waals surface area contributed by atoms with E-state index in [0.717, 1.165) is 73.0 Å². The molecule has 1 heterocycles. The zero-order chi connectivity index (χ0) is 36.6. The van der Waals surface area contributed by atoms with Gasteiger partial charge in [-0.1, -0.05) is 177 Å². The summed E-state index contributed by atoms with van der Waals surface area (Å²) in [6.07, 6.45) is 16.1. The first-order valence-electron chi connectivity index (χ1n) is 17.8. The van der Waals surface area contributed by atoms with Crippen LogP contribution in [0.2, 0.25) is 0 Å². The van der Waals surface area contributed by atoms with E-state index >= 15 is 0 Å². The molecule has 0 bridgehead atoms. The lowest BCUT2D eigenvalue weighted by atomic mass is 9.64. The van der Waals surface area contributed by atoms with Gasteiger partial charge < -0.3 is 15.2 Å². The molecule has 0 spiro atoms. The van der Waals surface area contributed by atoms with Gasteiger partial charge in [0.25, 0.3) is 0 Å². The van der Waals surface area contributed by atoms with Crippen molar-refractivity contribution >= 4 is 22.5 Å². The Bertz CT molecular complexity index is 2400. The van der Waals surface area contributed by atoms with Gasteiger partial charge >= 0.3 is 0 Å². The summed E-state index contributed by atoms with van der Waals surface area (Å²) in [4.78, 5) is 0. The van der Waals surface area contributed by atoms with Gasteiger partial charge in [-0.05, 0) is 59.5 Å². The van der Waals surface area contributed by atoms with Crippen molar-refractivity contribution in [2.75, 3.05) is 5.32 Å². The minimum Gasteiger partial charge on any atom is -0.508 e. The van der Waals surface area contributed by atoms with Crippen molar-refractivity contribution in [2.45, 2.75) is 12.3 Å². The van der Waals surface area contributed by atoms with Gasteiger partial charge in [-0.15, -0.1) is 0 Å². The van der Waals surface area contributed by atoms with Crippen molar-refractivity contribution in [3.63, 3.8) is 0 Å². The molecular formula is C50H41NO2. The SMILES string of the molecule is C=C/C=C\C=C/C1(c2ccccc2O)c2cccc(C(/C=C\C(=C)c3ccccc3Nc3ccccc3)=C/C)c2Oc2cccc(-c3ccccc3)c21. The lowest BCUT2D eigenvalue weighted by Crippen LogP contribution is -2.32. The van der Waals surface area contributed by atoms with E-state index in [1.165, 1.54) is 0 Å². The highest BCUT2D eigenvalue weighted by Crippen LogP contribution is 2.58. The summed E-state index contributed by atoms with van der Waals surface area (Å²) in [6.45, 7) is 10.4. The van der Waals surface area contributed by atoms with Crippen LogP contribution in [0.25, 0.3) is 22.3 Å². The first-order chi connectivity index (χ1) is 26.0. The minimum absolute atomic E-state index is 0.196. The fraction of sp³-hybridized carbons (Fsp3) is 0.0400. The predicted molar refractivity (Wildman–Crippen MR) is 223 cm³/mol. The molecule has 1 atom stereocenters. The molecule has 0 saturated heterocycles. The number of benzene rings is 6. The molecule has 53 heavy (non-hydrogen) atoms. The molecule has 0 radical (unpaired) electrons. The number of allylic oxidation sites excluding steroid dienone is 10. The van der Waals surface area contributed by atoms with E-state index in [0.29, 0.717) is 0 Å². The van der Waals surface area contributed by atoms with E-state index in [-0.39, 0.29) is 5.75 Å². The van der Waals surface area contributed by atoms with Crippen LogP contribution in [0.1, 0.15) is 34.7 Å². The summed E-state index contributed by atoms with van der Waals surface area (Å²) in [5.74, 6) is 1.64. The Kier molecular flexibility index (Phi) is 10.2. The monoisotopic (exact) mass is 687 g/mol. The molecule has 0 amide bonds. The molecule has 0 aliphatic carbocycles. The zero-order valence-corrected chi connectivity index (χ0v) is 29.7. The molecule has 7 rings (SSSR count). The topological polar surface area (TPSA) is 41.5 Å². The van der Waals surface area contributed by atoms with Crippen LogP contribution in [0, 0.1) is 0 Å². The maximum atomic E-state index is 11.7. The van der Waals surface area contributed by atoms with Crippen molar-refractivity contribution in [2.24, 2.45) is 0 Å². The van der Waals surface area contributed by atoms with Crippen LogP contribution in [0.15, 0.2) is 207 Å². The van der Waals surface area contributed by atoms with E-state index < -0.39 is 5.41 Å². The summed E-state index contributed by atoms with van der Waals surface area (Å²) < 4.78 is 7.02. The van der Waals surface area contributed by atoms with Crippen LogP contribution in [0.5, 0.6) is 17.2 Å².